The first kappa shape index (κ1) is 17.6. The van der Waals surface area contributed by atoms with Crippen LogP contribution in [-0.2, 0) is 4.74 Å². The van der Waals surface area contributed by atoms with E-state index in [1.807, 2.05) is 41.9 Å². The Bertz CT molecular complexity index is 539. The molecular formula is C19H28N2O2S. The lowest BCUT2D eigenvalue weighted by atomic mass is 9.95. The lowest BCUT2D eigenvalue weighted by Crippen LogP contribution is -2.44. The minimum absolute atomic E-state index is 0.0560. The molecule has 3 rings (SSSR count). The van der Waals surface area contributed by atoms with Gasteiger partial charge in [0.2, 0.25) is 0 Å². The van der Waals surface area contributed by atoms with Crippen molar-refractivity contribution in [1.82, 2.24) is 10.2 Å². The van der Waals surface area contributed by atoms with Gasteiger partial charge < -0.3 is 15.0 Å². The van der Waals surface area contributed by atoms with Crippen LogP contribution in [-0.4, -0.2) is 48.7 Å². The number of urea groups is 1. The van der Waals surface area contributed by atoms with Gasteiger partial charge in [-0.1, -0.05) is 30.3 Å². The number of rotatable bonds is 5. The summed E-state index contributed by atoms with van der Waals surface area (Å²) in [6.07, 6.45) is 6.72. The number of hydrogen-bond acceptors (Lipinski definition) is 3. The molecule has 2 amide bonds. The summed E-state index contributed by atoms with van der Waals surface area (Å²) in [6.45, 7) is 1.45. The largest absolute Gasteiger partial charge is 0.373 e. The molecule has 1 saturated heterocycles. The van der Waals surface area contributed by atoms with Gasteiger partial charge in [0.15, 0.2) is 0 Å². The summed E-state index contributed by atoms with van der Waals surface area (Å²) < 4.78 is 5.91. The Morgan fingerprint density at radius 1 is 1.29 bits per heavy atom. The van der Waals surface area contributed by atoms with Crippen molar-refractivity contribution in [1.29, 1.82) is 0 Å². The van der Waals surface area contributed by atoms with Gasteiger partial charge in [-0.15, -0.1) is 0 Å². The number of hydrogen-bond donors (Lipinski definition) is 1. The van der Waals surface area contributed by atoms with Crippen molar-refractivity contribution in [3.05, 3.63) is 35.9 Å². The number of benzene rings is 1. The van der Waals surface area contributed by atoms with E-state index in [0.29, 0.717) is 23.8 Å². The van der Waals surface area contributed by atoms with Crippen LogP contribution in [0.15, 0.2) is 30.3 Å². The topological polar surface area (TPSA) is 41.6 Å². The van der Waals surface area contributed by atoms with Crippen LogP contribution in [0.25, 0.3) is 0 Å². The Labute approximate surface area is 149 Å². The molecule has 1 aromatic rings. The minimum atomic E-state index is 0.0560. The number of amides is 2. The second-order valence-electron chi connectivity index (χ2n) is 6.87. The van der Waals surface area contributed by atoms with Crippen LogP contribution in [0.1, 0.15) is 37.4 Å². The van der Waals surface area contributed by atoms with Crippen molar-refractivity contribution >= 4 is 17.8 Å². The third kappa shape index (κ3) is 4.06. The summed E-state index contributed by atoms with van der Waals surface area (Å²) in [5.41, 5.74) is 1.21. The summed E-state index contributed by atoms with van der Waals surface area (Å²) in [4.78, 5) is 14.4. The minimum Gasteiger partial charge on any atom is -0.373 e. The van der Waals surface area contributed by atoms with Gasteiger partial charge in [0.1, 0.15) is 0 Å². The molecule has 4 atom stereocenters. The standard InChI is InChI=1S/C19H28N2O2S/c1-21(16-8-9-17(12-16)24-2)19(22)20-13-15-10-11-23-18(15)14-6-4-3-5-7-14/h3-7,15-18H,8-13H2,1-2H3,(H,20,22)/t15-,16+,17-,18+/m1/s1. The van der Waals surface area contributed by atoms with Crippen LogP contribution >= 0.6 is 11.8 Å². The second kappa shape index (κ2) is 8.26. The number of thioether (sulfide) groups is 1. The number of carbonyl (C=O) groups is 1. The molecule has 0 unspecified atom stereocenters. The van der Waals surface area contributed by atoms with Crippen LogP contribution < -0.4 is 5.32 Å². The second-order valence-corrected chi connectivity index (χ2v) is 8.01. The normalized spacial score (nSPS) is 29.6. The molecule has 0 spiro atoms. The molecule has 1 aromatic carbocycles. The van der Waals surface area contributed by atoms with Crippen LogP contribution in [0.3, 0.4) is 0 Å². The highest BCUT2D eigenvalue weighted by Gasteiger charge is 2.32. The van der Waals surface area contributed by atoms with Gasteiger partial charge in [0, 0.05) is 37.4 Å². The van der Waals surface area contributed by atoms with Crippen molar-refractivity contribution in [2.24, 2.45) is 5.92 Å². The average molecular weight is 349 g/mol. The number of carbonyl (C=O) groups excluding carboxylic acids is 1. The van der Waals surface area contributed by atoms with E-state index in [1.165, 1.54) is 12.0 Å². The summed E-state index contributed by atoms with van der Waals surface area (Å²) in [5, 5.41) is 3.84. The highest BCUT2D eigenvalue weighted by Crippen LogP contribution is 2.34. The zero-order valence-electron chi connectivity index (χ0n) is 14.6. The molecule has 1 saturated carbocycles. The third-order valence-electron chi connectivity index (χ3n) is 5.42. The molecule has 1 aliphatic carbocycles. The third-order valence-corrected chi connectivity index (χ3v) is 6.51. The van der Waals surface area contributed by atoms with Crippen molar-refractivity contribution in [2.75, 3.05) is 26.5 Å². The molecule has 2 aliphatic rings. The van der Waals surface area contributed by atoms with Crippen molar-refractivity contribution < 1.29 is 9.53 Å². The number of ether oxygens (including phenoxy) is 1. The quantitative estimate of drug-likeness (QED) is 0.882. The zero-order chi connectivity index (χ0) is 16.9. The molecule has 1 N–H and O–H groups in total. The summed E-state index contributed by atoms with van der Waals surface area (Å²) >= 11 is 1.92. The molecule has 0 radical (unpaired) electrons. The van der Waals surface area contributed by atoms with E-state index in [1.54, 1.807) is 0 Å². The van der Waals surface area contributed by atoms with E-state index in [2.05, 4.69) is 23.7 Å². The molecule has 1 aliphatic heterocycles. The lowest BCUT2D eigenvalue weighted by molar-refractivity contribution is 0.0904. The van der Waals surface area contributed by atoms with Gasteiger partial charge in [0.05, 0.1) is 6.10 Å². The number of nitrogens with one attached hydrogen (secondary N) is 1. The molecule has 4 nitrogen and oxygen atoms in total. The van der Waals surface area contributed by atoms with Crippen molar-refractivity contribution in [2.45, 2.75) is 43.1 Å². The fourth-order valence-corrected chi connectivity index (χ4v) is 4.63. The Morgan fingerprint density at radius 2 is 2.08 bits per heavy atom. The molecule has 0 bridgehead atoms. The van der Waals surface area contributed by atoms with E-state index >= 15 is 0 Å². The maximum Gasteiger partial charge on any atom is 0.317 e. The highest BCUT2D eigenvalue weighted by atomic mass is 32.2. The summed E-state index contributed by atoms with van der Waals surface area (Å²) in [6, 6.07) is 10.8. The first-order valence-corrected chi connectivity index (χ1v) is 10.2. The average Bonchev–Trinajstić information content (AvgIpc) is 3.28. The SMILES string of the molecule is CS[C@@H]1CC[C@H](N(C)C(=O)NC[C@H]2CCO[C@H]2c2ccccc2)C1. The fourth-order valence-electron chi connectivity index (χ4n) is 3.85. The molecule has 132 valence electrons. The van der Waals surface area contributed by atoms with Crippen molar-refractivity contribution in [3.8, 4) is 0 Å². The Morgan fingerprint density at radius 3 is 2.79 bits per heavy atom. The van der Waals surface area contributed by atoms with Crippen LogP contribution in [0.5, 0.6) is 0 Å². The monoisotopic (exact) mass is 348 g/mol. The van der Waals surface area contributed by atoms with E-state index in [9.17, 15) is 4.79 Å². The first-order valence-electron chi connectivity index (χ1n) is 8.89. The zero-order valence-corrected chi connectivity index (χ0v) is 15.4. The maximum absolute atomic E-state index is 12.5. The van der Waals surface area contributed by atoms with E-state index in [0.717, 1.165) is 25.9 Å². The van der Waals surface area contributed by atoms with Crippen LogP contribution in [0, 0.1) is 5.92 Å². The maximum atomic E-state index is 12.5. The van der Waals surface area contributed by atoms with E-state index in [-0.39, 0.29) is 12.1 Å². The van der Waals surface area contributed by atoms with Gasteiger partial charge >= 0.3 is 6.03 Å². The molecule has 0 aromatic heterocycles. The van der Waals surface area contributed by atoms with Gasteiger partial charge in [-0.2, -0.15) is 11.8 Å². The lowest BCUT2D eigenvalue weighted by Gasteiger charge is -2.26. The summed E-state index contributed by atoms with van der Waals surface area (Å²) in [5.74, 6) is 0.354. The molecule has 2 fully saturated rings. The Kier molecular flexibility index (Phi) is 6.06. The predicted octanol–water partition coefficient (Wildman–Crippen LogP) is 3.69. The molecular weight excluding hydrogens is 320 g/mol. The fraction of sp³-hybridized carbons (Fsp3) is 0.632. The smallest absolute Gasteiger partial charge is 0.317 e. The van der Waals surface area contributed by atoms with E-state index in [4.69, 9.17) is 4.74 Å². The highest BCUT2D eigenvalue weighted by molar-refractivity contribution is 7.99. The number of nitrogens with zero attached hydrogens (tertiary/aromatic N) is 1. The van der Waals surface area contributed by atoms with Crippen LogP contribution in [0.2, 0.25) is 0 Å². The predicted molar refractivity (Wildman–Crippen MR) is 99.3 cm³/mol. The molecule has 1 heterocycles. The summed E-state index contributed by atoms with van der Waals surface area (Å²) in [7, 11) is 1.93. The van der Waals surface area contributed by atoms with Gasteiger partial charge in [0.25, 0.3) is 0 Å². The molecule has 24 heavy (non-hydrogen) atoms. The van der Waals surface area contributed by atoms with Crippen molar-refractivity contribution in [3.63, 3.8) is 0 Å². The van der Waals surface area contributed by atoms with E-state index < -0.39 is 0 Å². The van der Waals surface area contributed by atoms with Crippen LogP contribution in [0.4, 0.5) is 4.79 Å². The molecule has 5 heteroatoms. The van der Waals surface area contributed by atoms with Gasteiger partial charge in [-0.05, 0) is 37.5 Å². The Hall–Kier alpha value is -1.20. The Balaban J connectivity index is 1.50. The first-order chi connectivity index (χ1) is 11.7. The van der Waals surface area contributed by atoms with Gasteiger partial charge in [-0.3, -0.25) is 0 Å². The van der Waals surface area contributed by atoms with Gasteiger partial charge in [-0.25, -0.2) is 4.79 Å².